The van der Waals surface area contributed by atoms with Gasteiger partial charge in [-0.25, -0.2) is 0 Å². The molecule has 1 aromatic carbocycles. The van der Waals surface area contributed by atoms with Crippen LogP contribution in [-0.2, 0) is 5.41 Å². The van der Waals surface area contributed by atoms with Gasteiger partial charge in [-0.05, 0) is 56.8 Å². The lowest BCUT2D eigenvalue weighted by atomic mass is 9.67. The fourth-order valence-corrected chi connectivity index (χ4v) is 4.53. The first-order chi connectivity index (χ1) is 9.17. The van der Waals surface area contributed by atoms with E-state index in [2.05, 4.69) is 24.8 Å². The Balaban J connectivity index is 1.98. The zero-order valence-corrected chi connectivity index (χ0v) is 12.1. The third-order valence-corrected chi connectivity index (χ3v) is 5.43. The van der Waals surface area contributed by atoms with Gasteiger partial charge in [-0.3, -0.25) is 4.90 Å². The summed E-state index contributed by atoms with van der Waals surface area (Å²) in [5.41, 5.74) is 1.62. The number of likely N-dealkylation sites (tertiary alicyclic amines) is 1. The van der Waals surface area contributed by atoms with Gasteiger partial charge in [-0.1, -0.05) is 25.5 Å². The maximum absolute atomic E-state index is 9.81. The quantitative estimate of drug-likeness (QED) is 0.895. The number of phenols is 1. The molecular formula is C17H25NO. The van der Waals surface area contributed by atoms with E-state index in [4.69, 9.17) is 0 Å². The van der Waals surface area contributed by atoms with Gasteiger partial charge in [-0.2, -0.15) is 0 Å². The van der Waals surface area contributed by atoms with Crippen LogP contribution in [0.15, 0.2) is 24.3 Å². The zero-order valence-electron chi connectivity index (χ0n) is 12.1. The van der Waals surface area contributed by atoms with Crippen molar-refractivity contribution in [3.05, 3.63) is 29.8 Å². The van der Waals surface area contributed by atoms with Gasteiger partial charge < -0.3 is 5.11 Å². The highest BCUT2D eigenvalue weighted by Gasteiger charge is 2.52. The highest BCUT2D eigenvalue weighted by Crippen LogP contribution is 2.51. The van der Waals surface area contributed by atoms with E-state index in [-0.39, 0.29) is 5.41 Å². The number of fused-ring (bicyclic) bond motifs is 2. The molecule has 3 atom stereocenters. The van der Waals surface area contributed by atoms with E-state index in [0.29, 0.717) is 11.8 Å². The Morgan fingerprint density at radius 2 is 2.26 bits per heavy atom. The van der Waals surface area contributed by atoms with Crippen LogP contribution < -0.4 is 0 Å². The molecule has 19 heavy (non-hydrogen) atoms. The largest absolute Gasteiger partial charge is 0.508 e. The van der Waals surface area contributed by atoms with E-state index in [0.717, 1.165) is 6.04 Å². The number of benzene rings is 1. The van der Waals surface area contributed by atoms with Crippen LogP contribution in [0.4, 0.5) is 0 Å². The monoisotopic (exact) mass is 259 g/mol. The SMILES string of the molecule is CCCN1C2CCCC(c3cccc(O)c3)(C2)C1C. The second-order valence-electron chi connectivity index (χ2n) is 6.37. The standard InChI is InChI=1S/C17H25NO/c1-3-10-18-13(2)17(9-5-7-15(18)12-17)14-6-4-8-16(19)11-14/h4,6,8,11,13,15,19H,3,5,7,9-10,12H2,1-2H3. The van der Waals surface area contributed by atoms with Crippen molar-refractivity contribution < 1.29 is 5.11 Å². The zero-order chi connectivity index (χ0) is 13.5. The van der Waals surface area contributed by atoms with Gasteiger partial charge in [0.05, 0.1) is 0 Å². The van der Waals surface area contributed by atoms with Crippen LogP contribution in [-0.4, -0.2) is 28.6 Å². The Kier molecular flexibility index (Phi) is 3.30. The molecule has 3 rings (SSSR count). The predicted octanol–water partition coefficient (Wildman–Crippen LogP) is 3.69. The van der Waals surface area contributed by atoms with Crippen LogP contribution in [0.3, 0.4) is 0 Å². The van der Waals surface area contributed by atoms with Gasteiger partial charge in [0.15, 0.2) is 0 Å². The minimum Gasteiger partial charge on any atom is -0.508 e. The molecular weight excluding hydrogens is 234 g/mol. The second kappa shape index (κ2) is 4.82. The summed E-state index contributed by atoms with van der Waals surface area (Å²) >= 11 is 0. The molecule has 1 heterocycles. The maximum Gasteiger partial charge on any atom is 0.115 e. The van der Waals surface area contributed by atoms with Gasteiger partial charge in [0.1, 0.15) is 5.75 Å². The average Bonchev–Trinajstić information content (AvgIpc) is 2.61. The Labute approximate surface area is 116 Å². The first kappa shape index (κ1) is 13.0. The molecule has 2 heteroatoms. The lowest BCUT2D eigenvalue weighted by Crippen LogP contribution is -2.40. The van der Waals surface area contributed by atoms with Crippen LogP contribution in [0.5, 0.6) is 5.75 Å². The average molecular weight is 259 g/mol. The second-order valence-corrected chi connectivity index (χ2v) is 6.37. The third-order valence-electron chi connectivity index (χ3n) is 5.43. The normalized spacial score (nSPS) is 34.6. The molecule has 1 N–H and O–H groups in total. The third kappa shape index (κ3) is 1.97. The molecule has 1 aromatic rings. The van der Waals surface area contributed by atoms with Crippen LogP contribution >= 0.6 is 0 Å². The van der Waals surface area contributed by atoms with Gasteiger partial charge in [-0.15, -0.1) is 0 Å². The van der Waals surface area contributed by atoms with E-state index >= 15 is 0 Å². The molecule has 1 saturated carbocycles. The summed E-state index contributed by atoms with van der Waals surface area (Å²) in [7, 11) is 0. The molecule has 1 aliphatic heterocycles. The van der Waals surface area contributed by atoms with Crippen molar-refractivity contribution in [2.45, 2.75) is 63.5 Å². The molecule has 2 bridgehead atoms. The molecule has 104 valence electrons. The summed E-state index contributed by atoms with van der Waals surface area (Å²) in [6.45, 7) is 5.88. The Morgan fingerprint density at radius 3 is 3.00 bits per heavy atom. The van der Waals surface area contributed by atoms with Crippen LogP contribution in [0.1, 0.15) is 51.5 Å². The van der Waals surface area contributed by atoms with E-state index in [1.54, 1.807) is 6.07 Å². The number of aromatic hydroxyl groups is 1. The number of phenolic OH excluding ortho intramolecular Hbond substituents is 1. The van der Waals surface area contributed by atoms with Crippen molar-refractivity contribution in [2.75, 3.05) is 6.54 Å². The molecule has 2 aliphatic rings. The molecule has 0 radical (unpaired) electrons. The summed E-state index contributed by atoms with van der Waals surface area (Å²) in [6, 6.07) is 9.34. The van der Waals surface area contributed by atoms with Gasteiger partial charge in [0.2, 0.25) is 0 Å². The molecule has 2 nitrogen and oxygen atoms in total. The van der Waals surface area contributed by atoms with E-state index in [1.165, 1.54) is 44.2 Å². The molecule has 0 amide bonds. The van der Waals surface area contributed by atoms with Crippen LogP contribution in [0.25, 0.3) is 0 Å². The molecule has 0 aromatic heterocycles. The summed E-state index contributed by atoms with van der Waals surface area (Å²) in [4.78, 5) is 2.72. The highest BCUT2D eigenvalue weighted by molar-refractivity contribution is 5.37. The molecule has 1 saturated heterocycles. The van der Waals surface area contributed by atoms with Gasteiger partial charge in [0, 0.05) is 17.5 Å². The minimum absolute atomic E-state index is 0.275. The van der Waals surface area contributed by atoms with Crippen molar-refractivity contribution in [3.8, 4) is 5.75 Å². The fraction of sp³-hybridized carbons (Fsp3) is 0.647. The van der Waals surface area contributed by atoms with E-state index in [1.807, 2.05) is 12.1 Å². The number of nitrogens with zero attached hydrogens (tertiary/aromatic N) is 1. The van der Waals surface area contributed by atoms with Crippen molar-refractivity contribution >= 4 is 0 Å². The smallest absolute Gasteiger partial charge is 0.115 e. The summed E-state index contributed by atoms with van der Waals surface area (Å²) < 4.78 is 0. The lowest BCUT2D eigenvalue weighted by molar-refractivity contribution is 0.192. The van der Waals surface area contributed by atoms with Crippen molar-refractivity contribution in [1.29, 1.82) is 0 Å². The topological polar surface area (TPSA) is 23.5 Å². The van der Waals surface area contributed by atoms with Gasteiger partial charge >= 0.3 is 0 Å². The summed E-state index contributed by atoms with van der Waals surface area (Å²) in [5, 5.41) is 9.81. The van der Waals surface area contributed by atoms with Crippen LogP contribution in [0.2, 0.25) is 0 Å². The first-order valence-corrected chi connectivity index (χ1v) is 7.72. The predicted molar refractivity (Wildman–Crippen MR) is 78.5 cm³/mol. The number of rotatable bonds is 3. The van der Waals surface area contributed by atoms with Crippen molar-refractivity contribution in [1.82, 2.24) is 4.90 Å². The number of hydrogen-bond acceptors (Lipinski definition) is 2. The van der Waals surface area contributed by atoms with E-state index in [9.17, 15) is 5.11 Å². The molecule has 0 spiro atoms. The Bertz CT molecular complexity index is 458. The first-order valence-electron chi connectivity index (χ1n) is 7.72. The molecule has 3 unspecified atom stereocenters. The molecule has 2 fully saturated rings. The highest BCUT2D eigenvalue weighted by atomic mass is 16.3. The van der Waals surface area contributed by atoms with E-state index < -0.39 is 0 Å². The fourth-order valence-electron chi connectivity index (χ4n) is 4.53. The number of hydrogen-bond donors (Lipinski definition) is 1. The van der Waals surface area contributed by atoms with Crippen molar-refractivity contribution in [3.63, 3.8) is 0 Å². The summed E-state index contributed by atoms with van der Waals surface area (Å²) in [6.07, 6.45) is 6.46. The Hall–Kier alpha value is -1.02. The summed E-state index contributed by atoms with van der Waals surface area (Å²) in [5.74, 6) is 0.412. The minimum atomic E-state index is 0.275. The maximum atomic E-state index is 9.81. The van der Waals surface area contributed by atoms with Gasteiger partial charge in [0.25, 0.3) is 0 Å². The lowest BCUT2D eigenvalue weighted by Gasteiger charge is -2.36. The Morgan fingerprint density at radius 1 is 1.42 bits per heavy atom. The van der Waals surface area contributed by atoms with Crippen molar-refractivity contribution in [2.24, 2.45) is 0 Å². The molecule has 1 aliphatic carbocycles. The van der Waals surface area contributed by atoms with Crippen LogP contribution in [0, 0.1) is 0 Å².